The molecule has 0 spiro atoms. The van der Waals surface area contributed by atoms with Crippen LogP contribution in [0.25, 0.3) is 0 Å². The molecule has 1 amide bonds. The molecule has 0 saturated carbocycles. The van der Waals surface area contributed by atoms with E-state index in [1.165, 1.54) is 14.2 Å². The number of benzene rings is 2. The van der Waals surface area contributed by atoms with E-state index in [9.17, 15) is 9.90 Å². The van der Waals surface area contributed by atoms with Crippen molar-refractivity contribution >= 4 is 21.8 Å². The molecule has 0 saturated heterocycles. The normalized spacial score (nSPS) is 12.9. The molecule has 0 unspecified atom stereocenters. The fraction of sp³-hybridized carbons (Fsp3) is 0.350. The number of nitrogens with one attached hydrogen (secondary N) is 1. The SMILES string of the molecule is COC[C@](C)(O)CNC(=O)c1ccc(OCc2ccc(Br)cc2)c(OC)c1. The first-order chi connectivity index (χ1) is 12.8. The summed E-state index contributed by atoms with van der Waals surface area (Å²) in [4.78, 5) is 12.3. The van der Waals surface area contributed by atoms with Crippen molar-refractivity contribution in [3.63, 3.8) is 0 Å². The number of carbonyl (C=O) groups is 1. The summed E-state index contributed by atoms with van der Waals surface area (Å²) >= 11 is 3.40. The summed E-state index contributed by atoms with van der Waals surface area (Å²) < 4.78 is 17.1. The third-order valence-electron chi connectivity index (χ3n) is 3.82. The number of aliphatic hydroxyl groups is 1. The molecule has 2 N–H and O–H groups in total. The topological polar surface area (TPSA) is 77.0 Å². The van der Waals surface area contributed by atoms with Crippen LogP contribution in [0.1, 0.15) is 22.8 Å². The second kappa shape index (κ2) is 9.73. The summed E-state index contributed by atoms with van der Waals surface area (Å²) in [6, 6.07) is 12.8. The lowest BCUT2D eigenvalue weighted by Crippen LogP contribution is -2.43. The standard InChI is InChI=1S/C20H24BrNO5/c1-20(24,13-25-2)12-22-19(23)15-6-9-17(18(10-15)26-3)27-11-14-4-7-16(21)8-5-14/h4-10,24H,11-13H2,1-3H3,(H,22,23)/t20-/m1/s1. The van der Waals surface area contributed by atoms with Crippen LogP contribution in [0.2, 0.25) is 0 Å². The van der Waals surface area contributed by atoms with Crippen LogP contribution in [0.5, 0.6) is 11.5 Å². The maximum atomic E-state index is 12.3. The molecule has 6 nitrogen and oxygen atoms in total. The van der Waals surface area contributed by atoms with Gasteiger partial charge in [0, 0.05) is 23.7 Å². The molecule has 2 aromatic carbocycles. The van der Waals surface area contributed by atoms with Crippen LogP contribution >= 0.6 is 15.9 Å². The Hall–Kier alpha value is -2.09. The monoisotopic (exact) mass is 437 g/mol. The third-order valence-corrected chi connectivity index (χ3v) is 4.35. The van der Waals surface area contributed by atoms with Crippen LogP contribution in [0.3, 0.4) is 0 Å². The Morgan fingerprint density at radius 2 is 1.85 bits per heavy atom. The molecule has 2 aromatic rings. The minimum Gasteiger partial charge on any atom is -0.493 e. The van der Waals surface area contributed by atoms with Gasteiger partial charge in [0.25, 0.3) is 5.91 Å². The lowest BCUT2D eigenvalue weighted by molar-refractivity contribution is -0.0147. The first kappa shape index (κ1) is 21.2. The molecule has 0 radical (unpaired) electrons. The quantitative estimate of drug-likeness (QED) is 0.629. The fourth-order valence-corrected chi connectivity index (χ4v) is 2.67. The van der Waals surface area contributed by atoms with E-state index < -0.39 is 5.60 Å². The van der Waals surface area contributed by atoms with Gasteiger partial charge >= 0.3 is 0 Å². The van der Waals surface area contributed by atoms with E-state index in [4.69, 9.17) is 14.2 Å². The number of ether oxygens (including phenoxy) is 3. The van der Waals surface area contributed by atoms with Crippen molar-refractivity contribution in [3.05, 3.63) is 58.1 Å². The number of carbonyl (C=O) groups excluding carboxylic acids is 1. The highest BCUT2D eigenvalue weighted by molar-refractivity contribution is 9.10. The summed E-state index contributed by atoms with van der Waals surface area (Å²) in [7, 11) is 3.01. The average molecular weight is 438 g/mol. The Labute approximate surface area is 167 Å². The Morgan fingerprint density at radius 3 is 2.48 bits per heavy atom. The van der Waals surface area contributed by atoms with Gasteiger partial charge in [-0.25, -0.2) is 0 Å². The summed E-state index contributed by atoms with van der Waals surface area (Å²) in [5.41, 5.74) is 0.292. The summed E-state index contributed by atoms with van der Waals surface area (Å²) in [5, 5.41) is 12.8. The summed E-state index contributed by atoms with van der Waals surface area (Å²) in [5.74, 6) is 0.691. The zero-order chi connectivity index (χ0) is 19.9. The Bertz CT molecular complexity index is 761. The number of hydrogen-bond donors (Lipinski definition) is 2. The van der Waals surface area contributed by atoms with Crippen molar-refractivity contribution in [2.45, 2.75) is 19.1 Å². The van der Waals surface area contributed by atoms with E-state index in [0.717, 1.165) is 10.0 Å². The smallest absolute Gasteiger partial charge is 0.251 e. The van der Waals surface area contributed by atoms with Crippen LogP contribution < -0.4 is 14.8 Å². The predicted molar refractivity (Wildman–Crippen MR) is 106 cm³/mol. The van der Waals surface area contributed by atoms with Gasteiger partial charge < -0.3 is 24.6 Å². The van der Waals surface area contributed by atoms with Gasteiger partial charge in [0.15, 0.2) is 11.5 Å². The Balaban J connectivity index is 2.02. The average Bonchev–Trinajstić information content (AvgIpc) is 2.65. The number of methoxy groups -OCH3 is 2. The minimum absolute atomic E-state index is 0.0732. The molecule has 2 rings (SSSR count). The first-order valence-corrected chi connectivity index (χ1v) is 9.19. The largest absolute Gasteiger partial charge is 0.493 e. The number of hydrogen-bond acceptors (Lipinski definition) is 5. The van der Waals surface area contributed by atoms with Crippen LogP contribution in [0, 0.1) is 0 Å². The van der Waals surface area contributed by atoms with Crippen molar-refractivity contribution in [3.8, 4) is 11.5 Å². The van der Waals surface area contributed by atoms with Crippen molar-refractivity contribution in [1.82, 2.24) is 5.32 Å². The maximum Gasteiger partial charge on any atom is 0.251 e. The lowest BCUT2D eigenvalue weighted by atomic mass is 10.1. The molecular weight excluding hydrogens is 414 g/mol. The van der Waals surface area contributed by atoms with Gasteiger partial charge in [-0.3, -0.25) is 4.79 Å². The molecule has 1 atom stereocenters. The molecule has 0 bridgehead atoms. The fourth-order valence-electron chi connectivity index (χ4n) is 2.40. The molecule has 27 heavy (non-hydrogen) atoms. The molecule has 0 aliphatic carbocycles. The Kier molecular flexibility index (Phi) is 7.65. The summed E-state index contributed by atoms with van der Waals surface area (Å²) in [6.45, 7) is 2.18. The van der Waals surface area contributed by atoms with E-state index in [0.29, 0.717) is 23.7 Å². The minimum atomic E-state index is -1.14. The van der Waals surface area contributed by atoms with Crippen molar-refractivity contribution in [2.75, 3.05) is 27.4 Å². The van der Waals surface area contributed by atoms with E-state index in [-0.39, 0.29) is 19.1 Å². The van der Waals surface area contributed by atoms with Crippen molar-refractivity contribution in [2.24, 2.45) is 0 Å². The molecule has 146 valence electrons. The predicted octanol–water partition coefficient (Wildman–Crippen LogP) is 3.16. The first-order valence-electron chi connectivity index (χ1n) is 8.39. The van der Waals surface area contributed by atoms with Gasteiger partial charge in [0.1, 0.15) is 12.2 Å². The van der Waals surface area contributed by atoms with E-state index in [1.54, 1.807) is 25.1 Å². The molecule has 0 heterocycles. The molecule has 0 aromatic heterocycles. The van der Waals surface area contributed by atoms with Crippen molar-refractivity contribution in [1.29, 1.82) is 0 Å². The zero-order valence-electron chi connectivity index (χ0n) is 15.6. The zero-order valence-corrected chi connectivity index (χ0v) is 17.2. The second-order valence-electron chi connectivity index (χ2n) is 6.39. The van der Waals surface area contributed by atoms with E-state index >= 15 is 0 Å². The third kappa shape index (κ3) is 6.53. The Morgan fingerprint density at radius 1 is 1.15 bits per heavy atom. The molecule has 0 aliphatic heterocycles. The highest BCUT2D eigenvalue weighted by Gasteiger charge is 2.21. The van der Waals surface area contributed by atoms with Crippen LogP contribution in [-0.4, -0.2) is 44.0 Å². The lowest BCUT2D eigenvalue weighted by Gasteiger charge is -2.22. The van der Waals surface area contributed by atoms with Gasteiger partial charge in [-0.1, -0.05) is 28.1 Å². The highest BCUT2D eigenvalue weighted by atomic mass is 79.9. The van der Waals surface area contributed by atoms with E-state index in [2.05, 4.69) is 21.2 Å². The number of amides is 1. The van der Waals surface area contributed by atoms with Gasteiger partial charge in [0.05, 0.1) is 13.7 Å². The highest BCUT2D eigenvalue weighted by Crippen LogP contribution is 2.29. The van der Waals surface area contributed by atoms with Gasteiger partial charge in [-0.2, -0.15) is 0 Å². The summed E-state index contributed by atoms with van der Waals surface area (Å²) in [6.07, 6.45) is 0. The van der Waals surface area contributed by atoms with Crippen LogP contribution in [0.15, 0.2) is 46.9 Å². The maximum absolute atomic E-state index is 12.3. The van der Waals surface area contributed by atoms with Gasteiger partial charge in [-0.05, 0) is 42.8 Å². The van der Waals surface area contributed by atoms with E-state index in [1.807, 2.05) is 24.3 Å². The molecule has 0 aliphatic rings. The van der Waals surface area contributed by atoms with Crippen molar-refractivity contribution < 1.29 is 24.1 Å². The second-order valence-corrected chi connectivity index (χ2v) is 7.31. The molecular formula is C20H24BrNO5. The number of rotatable bonds is 9. The van der Waals surface area contributed by atoms with Crippen LogP contribution in [0.4, 0.5) is 0 Å². The molecule has 0 fully saturated rings. The van der Waals surface area contributed by atoms with Gasteiger partial charge in [-0.15, -0.1) is 0 Å². The van der Waals surface area contributed by atoms with Gasteiger partial charge in [0.2, 0.25) is 0 Å². The number of halogens is 1. The van der Waals surface area contributed by atoms with Crippen LogP contribution in [-0.2, 0) is 11.3 Å². The molecule has 7 heteroatoms.